The van der Waals surface area contributed by atoms with Crippen LogP contribution in [0.3, 0.4) is 0 Å². The SMILES string of the molecule is CSCCC(C)Nc1cnn(C(C)C)c(=O)c1Cl. The van der Waals surface area contributed by atoms with Gasteiger partial charge >= 0.3 is 0 Å². The van der Waals surface area contributed by atoms with Crippen molar-refractivity contribution in [2.75, 3.05) is 17.3 Å². The first kappa shape index (κ1) is 15.4. The third-order valence-electron chi connectivity index (χ3n) is 2.59. The minimum absolute atomic E-state index is 0.0120. The number of rotatable bonds is 6. The zero-order chi connectivity index (χ0) is 13.7. The molecule has 0 saturated heterocycles. The predicted octanol–water partition coefficient (Wildman–Crippen LogP) is 3.03. The van der Waals surface area contributed by atoms with Crippen LogP contribution in [0.5, 0.6) is 0 Å². The van der Waals surface area contributed by atoms with Crippen LogP contribution in [0.1, 0.15) is 33.2 Å². The quantitative estimate of drug-likeness (QED) is 0.874. The lowest BCUT2D eigenvalue weighted by molar-refractivity contribution is 0.503. The summed E-state index contributed by atoms with van der Waals surface area (Å²) >= 11 is 7.88. The van der Waals surface area contributed by atoms with Crippen molar-refractivity contribution >= 4 is 29.1 Å². The molecular weight excluding hydrogens is 270 g/mol. The maximum atomic E-state index is 12.0. The second-order valence-corrected chi connectivity index (χ2v) is 5.91. The zero-order valence-corrected chi connectivity index (χ0v) is 12.8. The van der Waals surface area contributed by atoms with Gasteiger partial charge in [0.2, 0.25) is 0 Å². The summed E-state index contributed by atoms with van der Waals surface area (Å²) < 4.78 is 1.39. The van der Waals surface area contributed by atoms with Crippen molar-refractivity contribution in [2.45, 2.75) is 39.3 Å². The van der Waals surface area contributed by atoms with E-state index in [1.54, 1.807) is 18.0 Å². The molecule has 0 aromatic carbocycles. The highest BCUT2D eigenvalue weighted by Crippen LogP contribution is 2.18. The molecule has 1 rings (SSSR count). The average molecular weight is 290 g/mol. The maximum Gasteiger partial charge on any atom is 0.287 e. The smallest absolute Gasteiger partial charge is 0.287 e. The van der Waals surface area contributed by atoms with Crippen molar-refractivity contribution in [3.8, 4) is 0 Å². The molecule has 0 aliphatic rings. The van der Waals surface area contributed by atoms with Crippen LogP contribution >= 0.6 is 23.4 Å². The van der Waals surface area contributed by atoms with Gasteiger partial charge < -0.3 is 5.32 Å². The van der Waals surface area contributed by atoms with E-state index >= 15 is 0 Å². The van der Waals surface area contributed by atoms with E-state index in [0.717, 1.165) is 12.2 Å². The number of anilines is 1. The molecule has 0 amide bonds. The lowest BCUT2D eigenvalue weighted by Gasteiger charge is -2.16. The van der Waals surface area contributed by atoms with Gasteiger partial charge in [-0.1, -0.05) is 11.6 Å². The summed E-state index contributed by atoms with van der Waals surface area (Å²) in [5.74, 6) is 1.07. The van der Waals surface area contributed by atoms with Crippen molar-refractivity contribution in [3.05, 3.63) is 21.6 Å². The minimum atomic E-state index is -0.242. The summed E-state index contributed by atoms with van der Waals surface area (Å²) in [4.78, 5) is 12.0. The van der Waals surface area contributed by atoms with Crippen molar-refractivity contribution < 1.29 is 0 Å². The first-order valence-electron chi connectivity index (χ1n) is 6.00. The molecule has 1 N–H and O–H groups in total. The number of nitrogens with one attached hydrogen (secondary N) is 1. The molecule has 1 heterocycles. The van der Waals surface area contributed by atoms with Crippen molar-refractivity contribution in [1.82, 2.24) is 9.78 Å². The summed E-state index contributed by atoms with van der Waals surface area (Å²) in [6, 6.07) is 0.281. The van der Waals surface area contributed by atoms with Crippen LogP contribution < -0.4 is 10.9 Å². The molecule has 0 spiro atoms. The van der Waals surface area contributed by atoms with Crippen LogP contribution in [-0.4, -0.2) is 27.8 Å². The summed E-state index contributed by atoms with van der Waals surface area (Å²) in [6.45, 7) is 5.87. The molecule has 0 aliphatic heterocycles. The number of halogens is 1. The van der Waals surface area contributed by atoms with Gasteiger partial charge in [-0.25, -0.2) is 4.68 Å². The molecule has 0 saturated carbocycles. The Labute approximate surface area is 117 Å². The van der Waals surface area contributed by atoms with E-state index in [2.05, 4.69) is 23.6 Å². The summed E-state index contributed by atoms with van der Waals surface area (Å²) in [6.07, 6.45) is 4.72. The number of aromatic nitrogens is 2. The fourth-order valence-corrected chi connectivity index (χ4v) is 2.32. The highest BCUT2D eigenvalue weighted by atomic mass is 35.5. The van der Waals surface area contributed by atoms with E-state index in [1.807, 2.05) is 13.8 Å². The van der Waals surface area contributed by atoms with E-state index in [0.29, 0.717) is 5.69 Å². The fraction of sp³-hybridized carbons (Fsp3) is 0.667. The van der Waals surface area contributed by atoms with Crippen LogP contribution in [0.4, 0.5) is 5.69 Å². The Balaban J connectivity index is 2.86. The second kappa shape index (κ2) is 7.04. The third-order valence-corrected chi connectivity index (χ3v) is 3.60. The van der Waals surface area contributed by atoms with Gasteiger partial charge in [0.25, 0.3) is 5.56 Å². The number of hydrogen-bond acceptors (Lipinski definition) is 4. The van der Waals surface area contributed by atoms with Gasteiger partial charge in [0.1, 0.15) is 5.02 Å². The van der Waals surface area contributed by atoms with Gasteiger partial charge in [-0.2, -0.15) is 16.9 Å². The number of hydrogen-bond donors (Lipinski definition) is 1. The monoisotopic (exact) mass is 289 g/mol. The van der Waals surface area contributed by atoms with E-state index in [-0.39, 0.29) is 22.7 Å². The Kier molecular flexibility index (Phi) is 6.02. The normalized spacial score (nSPS) is 12.8. The van der Waals surface area contributed by atoms with Gasteiger partial charge in [-0.05, 0) is 39.2 Å². The predicted molar refractivity (Wildman–Crippen MR) is 80.0 cm³/mol. The molecule has 0 bridgehead atoms. The van der Waals surface area contributed by atoms with Gasteiger partial charge in [0.15, 0.2) is 0 Å². The van der Waals surface area contributed by atoms with Gasteiger partial charge in [-0.15, -0.1) is 0 Å². The van der Waals surface area contributed by atoms with Gasteiger partial charge in [0.05, 0.1) is 17.9 Å². The standard InChI is InChI=1S/C12H20ClN3OS/c1-8(2)16-12(17)11(13)10(7-14-16)15-9(3)5-6-18-4/h7-9,15H,5-6H2,1-4H3. The Morgan fingerprint density at radius 1 is 1.50 bits per heavy atom. The Bertz CT molecular complexity index is 447. The molecule has 18 heavy (non-hydrogen) atoms. The zero-order valence-electron chi connectivity index (χ0n) is 11.2. The first-order valence-corrected chi connectivity index (χ1v) is 7.77. The van der Waals surface area contributed by atoms with Crippen LogP contribution in [-0.2, 0) is 0 Å². The third kappa shape index (κ3) is 3.92. The second-order valence-electron chi connectivity index (χ2n) is 4.54. The highest BCUT2D eigenvalue weighted by molar-refractivity contribution is 7.98. The highest BCUT2D eigenvalue weighted by Gasteiger charge is 2.12. The fourth-order valence-electron chi connectivity index (χ4n) is 1.55. The van der Waals surface area contributed by atoms with Gasteiger partial charge in [0, 0.05) is 6.04 Å². The molecular formula is C12H20ClN3OS. The molecule has 4 nitrogen and oxygen atoms in total. The maximum absolute atomic E-state index is 12.0. The Morgan fingerprint density at radius 3 is 2.72 bits per heavy atom. The van der Waals surface area contributed by atoms with Crippen LogP contribution in [0.15, 0.2) is 11.0 Å². The number of nitrogens with zero attached hydrogens (tertiary/aromatic N) is 2. The van der Waals surface area contributed by atoms with Crippen molar-refractivity contribution in [2.24, 2.45) is 0 Å². The van der Waals surface area contributed by atoms with Crippen molar-refractivity contribution in [3.63, 3.8) is 0 Å². The van der Waals surface area contributed by atoms with E-state index in [4.69, 9.17) is 11.6 Å². The molecule has 1 aromatic rings. The molecule has 6 heteroatoms. The van der Waals surface area contributed by atoms with Crippen LogP contribution in [0.25, 0.3) is 0 Å². The molecule has 0 fully saturated rings. The Hall–Kier alpha value is -0.680. The molecule has 1 atom stereocenters. The van der Waals surface area contributed by atoms with E-state index in [1.165, 1.54) is 4.68 Å². The molecule has 0 aliphatic carbocycles. The van der Waals surface area contributed by atoms with Crippen LogP contribution in [0.2, 0.25) is 5.02 Å². The topological polar surface area (TPSA) is 46.9 Å². The van der Waals surface area contributed by atoms with Gasteiger partial charge in [-0.3, -0.25) is 4.79 Å². The largest absolute Gasteiger partial charge is 0.380 e. The summed E-state index contributed by atoms with van der Waals surface area (Å²) in [7, 11) is 0. The molecule has 1 aromatic heterocycles. The van der Waals surface area contributed by atoms with E-state index < -0.39 is 0 Å². The molecule has 102 valence electrons. The lowest BCUT2D eigenvalue weighted by Crippen LogP contribution is -2.27. The van der Waals surface area contributed by atoms with E-state index in [9.17, 15) is 4.79 Å². The lowest BCUT2D eigenvalue weighted by atomic mass is 10.2. The summed E-state index contributed by atoms with van der Waals surface area (Å²) in [5, 5.41) is 7.57. The first-order chi connectivity index (χ1) is 8.47. The minimum Gasteiger partial charge on any atom is -0.380 e. The van der Waals surface area contributed by atoms with Crippen LogP contribution in [0, 0.1) is 0 Å². The summed E-state index contributed by atoms with van der Waals surface area (Å²) in [5.41, 5.74) is 0.376. The average Bonchev–Trinajstić information content (AvgIpc) is 2.32. The van der Waals surface area contributed by atoms with Crippen molar-refractivity contribution in [1.29, 1.82) is 0 Å². The molecule has 0 radical (unpaired) electrons. The Morgan fingerprint density at radius 2 is 2.17 bits per heavy atom. The molecule has 1 unspecified atom stereocenters. The number of thioether (sulfide) groups is 1.